The Morgan fingerprint density at radius 2 is 2.12 bits per heavy atom. The van der Waals surface area contributed by atoms with E-state index in [-0.39, 0.29) is 6.10 Å². The summed E-state index contributed by atoms with van der Waals surface area (Å²) in [7, 11) is 1.85. The van der Waals surface area contributed by atoms with E-state index in [9.17, 15) is 5.11 Å². The standard InChI is InChI=1S/C12H20N4O/c1-3-9-11(13-2)15-7-16-12(9)14-6-10(17)8-4-5-8/h7-8,10,17H,3-6H2,1-2H3,(H2,13,14,15,16). The number of aromatic nitrogens is 2. The Balaban J connectivity index is 2.03. The topological polar surface area (TPSA) is 70.1 Å². The van der Waals surface area contributed by atoms with Crippen molar-refractivity contribution in [2.75, 3.05) is 24.2 Å². The van der Waals surface area contributed by atoms with E-state index in [0.717, 1.165) is 36.5 Å². The van der Waals surface area contributed by atoms with Gasteiger partial charge in [0.1, 0.15) is 18.0 Å². The molecule has 0 spiro atoms. The predicted octanol–water partition coefficient (Wildman–Crippen LogP) is 1.26. The van der Waals surface area contributed by atoms with Gasteiger partial charge in [-0.25, -0.2) is 9.97 Å². The average Bonchev–Trinajstić information content (AvgIpc) is 3.19. The second-order valence-corrected chi connectivity index (χ2v) is 4.44. The van der Waals surface area contributed by atoms with Crippen molar-refractivity contribution in [1.29, 1.82) is 0 Å². The number of hydrogen-bond acceptors (Lipinski definition) is 5. The molecule has 1 aromatic rings. The van der Waals surface area contributed by atoms with Gasteiger partial charge in [0.05, 0.1) is 6.10 Å². The Labute approximate surface area is 102 Å². The van der Waals surface area contributed by atoms with Crippen LogP contribution in [0.25, 0.3) is 0 Å². The summed E-state index contributed by atoms with van der Waals surface area (Å²) in [5, 5.41) is 16.1. The lowest BCUT2D eigenvalue weighted by molar-refractivity contribution is 0.164. The van der Waals surface area contributed by atoms with Gasteiger partial charge < -0.3 is 15.7 Å². The quantitative estimate of drug-likeness (QED) is 0.693. The lowest BCUT2D eigenvalue weighted by Crippen LogP contribution is -2.22. The van der Waals surface area contributed by atoms with Crippen molar-refractivity contribution in [3.05, 3.63) is 11.9 Å². The largest absolute Gasteiger partial charge is 0.391 e. The SMILES string of the molecule is CCc1c(NC)ncnc1NCC(O)C1CC1. The zero-order chi connectivity index (χ0) is 12.3. The van der Waals surface area contributed by atoms with E-state index in [1.807, 2.05) is 7.05 Å². The first kappa shape index (κ1) is 12.1. The third-order valence-electron chi connectivity index (χ3n) is 3.18. The van der Waals surface area contributed by atoms with Crippen molar-refractivity contribution in [3.63, 3.8) is 0 Å². The Morgan fingerprint density at radius 3 is 2.71 bits per heavy atom. The third-order valence-corrected chi connectivity index (χ3v) is 3.18. The van der Waals surface area contributed by atoms with Crippen LogP contribution >= 0.6 is 0 Å². The number of nitrogens with zero attached hydrogens (tertiary/aromatic N) is 2. The minimum Gasteiger partial charge on any atom is -0.391 e. The summed E-state index contributed by atoms with van der Waals surface area (Å²) in [5.74, 6) is 2.16. The normalized spacial score (nSPS) is 16.6. The van der Waals surface area contributed by atoms with Crippen molar-refractivity contribution in [2.24, 2.45) is 5.92 Å². The molecule has 1 saturated carbocycles. The van der Waals surface area contributed by atoms with Gasteiger partial charge in [0.2, 0.25) is 0 Å². The van der Waals surface area contributed by atoms with Crippen LogP contribution in [-0.2, 0) is 6.42 Å². The smallest absolute Gasteiger partial charge is 0.134 e. The number of rotatable bonds is 6. The fourth-order valence-corrected chi connectivity index (χ4v) is 1.96. The molecule has 3 N–H and O–H groups in total. The molecule has 0 saturated heterocycles. The van der Waals surface area contributed by atoms with Gasteiger partial charge in [-0.15, -0.1) is 0 Å². The van der Waals surface area contributed by atoms with E-state index in [1.165, 1.54) is 6.33 Å². The highest BCUT2D eigenvalue weighted by Crippen LogP contribution is 2.32. The van der Waals surface area contributed by atoms with Crippen LogP contribution in [0.2, 0.25) is 0 Å². The van der Waals surface area contributed by atoms with Gasteiger partial charge in [-0.3, -0.25) is 0 Å². The van der Waals surface area contributed by atoms with Crippen LogP contribution in [0.4, 0.5) is 11.6 Å². The lowest BCUT2D eigenvalue weighted by atomic mass is 10.2. The van der Waals surface area contributed by atoms with Gasteiger partial charge in [-0.2, -0.15) is 0 Å². The molecule has 94 valence electrons. The highest BCUT2D eigenvalue weighted by Gasteiger charge is 2.29. The molecule has 1 heterocycles. The first-order valence-electron chi connectivity index (χ1n) is 6.19. The molecule has 5 heteroatoms. The second-order valence-electron chi connectivity index (χ2n) is 4.44. The molecule has 0 bridgehead atoms. The van der Waals surface area contributed by atoms with Gasteiger partial charge >= 0.3 is 0 Å². The van der Waals surface area contributed by atoms with Crippen LogP contribution in [0.5, 0.6) is 0 Å². The maximum absolute atomic E-state index is 9.82. The van der Waals surface area contributed by atoms with Crippen LogP contribution < -0.4 is 10.6 Å². The monoisotopic (exact) mass is 236 g/mol. The summed E-state index contributed by atoms with van der Waals surface area (Å²) in [6.45, 7) is 2.64. The average molecular weight is 236 g/mol. The summed E-state index contributed by atoms with van der Waals surface area (Å²) >= 11 is 0. The predicted molar refractivity (Wildman–Crippen MR) is 68.2 cm³/mol. The zero-order valence-electron chi connectivity index (χ0n) is 10.4. The molecule has 1 aromatic heterocycles. The van der Waals surface area contributed by atoms with Gasteiger partial charge in [-0.1, -0.05) is 6.92 Å². The Morgan fingerprint density at radius 1 is 1.41 bits per heavy atom. The van der Waals surface area contributed by atoms with Gasteiger partial charge in [0, 0.05) is 19.2 Å². The molecule has 1 unspecified atom stereocenters. The van der Waals surface area contributed by atoms with Crippen molar-refractivity contribution in [3.8, 4) is 0 Å². The molecular weight excluding hydrogens is 216 g/mol. The number of aliphatic hydroxyl groups is 1. The van der Waals surface area contributed by atoms with Crippen molar-refractivity contribution >= 4 is 11.6 Å². The summed E-state index contributed by atoms with van der Waals surface area (Å²) in [6, 6.07) is 0. The summed E-state index contributed by atoms with van der Waals surface area (Å²) in [5.41, 5.74) is 1.07. The molecule has 2 rings (SSSR count). The van der Waals surface area contributed by atoms with Crippen molar-refractivity contribution in [1.82, 2.24) is 9.97 Å². The zero-order valence-corrected chi connectivity index (χ0v) is 10.4. The molecule has 17 heavy (non-hydrogen) atoms. The highest BCUT2D eigenvalue weighted by atomic mass is 16.3. The first-order chi connectivity index (χ1) is 8.26. The fraction of sp³-hybridized carbons (Fsp3) is 0.667. The first-order valence-corrected chi connectivity index (χ1v) is 6.19. The molecule has 1 fully saturated rings. The van der Waals surface area contributed by atoms with E-state index in [0.29, 0.717) is 12.5 Å². The molecule has 0 aromatic carbocycles. The molecule has 1 atom stereocenters. The fourth-order valence-electron chi connectivity index (χ4n) is 1.96. The van der Waals surface area contributed by atoms with E-state index < -0.39 is 0 Å². The van der Waals surface area contributed by atoms with Crippen LogP contribution in [-0.4, -0.2) is 34.8 Å². The third kappa shape index (κ3) is 2.85. The van der Waals surface area contributed by atoms with Crippen LogP contribution in [0.15, 0.2) is 6.33 Å². The Hall–Kier alpha value is -1.36. The molecule has 1 aliphatic carbocycles. The maximum atomic E-state index is 9.82. The number of hydrogen-bond donors (Lipinski definition) is 3. The number of aliphatic hydroxyl groups excluding tert-OH is 1. The van der Waals surface area contributed by atoms with E-state index >= 15 is 0 Å². The molecule has 0 amide bonds. The molecule has 0 aliphatic heterocycles. The molecule has 5 nitrogen and oxygen atoms in total. The van der Waals surface area contributed by atoms with Crippen LogP contribution in [0.3, 0.4) is 0 Å². The van der Waals surface area contributed by atoms with E-state index in [2.05, 4.69) is 27.5 Å². The summed E-state index contributed by atoms with van der Waals surface area (Å²) in [4.78, 5) is 8.42. The molecule has 1 aliphatic rings. The van der Waals surface area contributed by atoms with E-state index in [4.69, 9.17) is 0 Å². The van der Waals surface area contributed by atoms with E-state index in [1.54, 1.807) is 0 Å². The van der Waals surface area contributed by atoms with Gasteiger partial charge in [0.15, 0.2) is 0 Å². The Bertz CT molecular complexity index is 379. The summed E-state index contributed by atoms with van der Waals surface area (Å²) in [6.07, 6.45) is 4.44. The number of anilines is 2. The van der Waals surface area contributed by atoms with Gasteiger partial charge in [-0.05, 0) is 25.2 Å². The minimum atomic E-state index is -0.257. The van der Waals surface area contributed by atoms with Crippen molar-refractivity contribution in [2.45, 2.75) is 32.3 Å². The Kier molecular flexibility index (Phi) is 3.78. The number of nitrogens with one attached hydrogen (secondary N) is 2. The van der Waals surface area contributed by atoms with Crippen molar-refractivity contribution < 1.29 is 5.11 Å². The minimum absolute atomic E-state index is 0.257. The lowest BCUT2D eigenvalue weighted by Gasteiger charge is -2.15. The van der Waals surface area contributed by atoms with Gasteiger partial charge in [0.25, 0.3) is 0 Å². The molecular formula is C12H20N4O. The highest BCUT2D eigenvalue weighted by molar-refractivity contribution is 5.57. The van der Waals surface area contributed by atoms with Crippen LogP contribution in [0.1, 0.15) is 25.3 Å². The second kappa shape index (κ2) is 5.31. The van der Waals surface area contributed by atoms with Crippen LogP contribution in [0, 0.1) is 5.92 Å². The summed E-state index contributed by atoms with van der Waals surface area (Å²) < 4.78 is 0. The molecule has 0 radical (unpaired) electrons. The maximum Gasteiger partial charge on any atom is 0.134 e.